The van der Waals surface area contributed by atoms with Crippen LogP contribution in [0.3, 0.4) is 0 Å². The van der Waals surface area contributed by atoms with Gasteiger partial charge in [-0.25, -0.2) is 9.78 Å². The second kappa shape index (κ2) is 9.20. The van der Waals surface area contributed by atoms with Gasteiger partial charge in [0.1, 0.15) is 17.0 Å². The summed E-state index contributed by atoms with van der Waals surface area (Å²) in [6, 6.07) is 8.76. The maximum atomic E-state index is 12.2. The Morgan fingerprint density at radius 2 is 1.84 bits per heavy atom. The minimum absolute atomic E-state index is 0.0213. The van der Waals surface area contributed by atoms with Crippen molar-refractivity contribution in [2.75, 3.05) is 18.4 Å². The monoisotopic (exact) mass is 428 g/mol. The number of carbonyl (C=O) groups is 1. The summed E-state index contributed by atoms with van der Waals surface area (Å²) in [6.45, 7) is 8.47. The summed E-state index contributed by atoms with van der Waals surface area (Å²) in [7, 11) is 0. The summed E-state index contributed by atoms with van der Waals surface area (Å²) in [6.07, 6.45) is 2.43. The normalized spacial score (nSPS) is 14.8. The standard InChI is InChI=1S/C22H28N4O5/c1-15-5-7-17(8-6-15)30-20-19(26(28)29)18(9-12-23-20)24-16-10-13-25(14-11-16)21(27)31-22(2,3)4/h5-9,12,16H,10-11,13-14H2,1-4H3,(H,23,24). The fraction of sp³-hybridized carbons (Fsp3) is 0.455. The van der Waals surface area contributed by atoms with Gasteiger partial charge in [0.15, 0.2) is 0 Å². The van der Waals surface area contributed by atoms with Crippen molar-refractivity contribution in [2.45, 2.75) is 52.2 Å². The lowest BCUT2D eigenvalue weighted by molar-refractivity contribution is -0.385. The molecule has 0 bridgehead atoms. The van der Waals surface area contributed by atoms with Crippen molar-refractivity contribution in [1.29, 1.82) is 0 Å². The van der Waals surface area contributed by atoms with Crippen LogP contribution in [0.25, 0.3) is 0 Å². The molecule has 1 N–H and O–H groups in total. The molecular formula is C22H28N4O5. The van der Waals surface area contributed by atoms with E-state index in [-0.39, 0.29) is 23.7 Å². The number of aryl methyl sites for hydroxylation is 1. The number of carbonyl (C=O) groups excluding carboxylic acids is 1. The van der Waals surface area contributed by atoms with Crippen molar-refractivity contribution in [3.63, 3.8) is 0 Å². The average Bonchev–Trinajstić information content (AvgIpc) is 2.69. The van der Waals surface area contributed by atoms with Gasteiger partial charge in [0, 0.05) is 25.3 Å². The number of nitro groups is 1. The maximum Gasteiger partial charge on any atom is 0.410 e. The van der Waals surface area contributed by atoms with Gasteiger partial charge in [-0.05, 0) is 58.7 Å². The maximum absolute atomic E-state index is 12.2. The Kier molecular flexibility index (Phi) is 6.62. The zero-order chi connectivity index (χ0) is 22.6. The first-order valence-electron chi connectivity index (χ1n) is 10.2. The van der Waals surface area contributed by atoms with Crippen LogP contribution >= 0.6 is 0 Å². The van der Waals surface area contributed by atoms with Gasteiger partial charge in [0.2, 0.25) is 0 Å². The smallest absolute Gasteiger partial charge is 0.410 e. The predicted molar refractivity (Wildman–Crippen MR) is 117 cm³/mol. The fourth-order valence-corrected chi connectivity index (χ4v) is 3.27. The third-order valence-corrected chi connectivity index (χ3v) is 4.82. The van der Waals surface area contributed by atoms with Crippen LogP contribution in [0.2, 0.25) is 0 Å². The lowest BCUT2D eigenvalue weighted by atomic mass is 10.0. The van der Waals surface area contributed by atoms with E-state index in [4.69, 9.17) is 9.47 Å². The summed E-state index contributed by atoms with van der Waals surface area (Å²) in [5, 5.41) is 15.0. The molecule has 1 aromatic heterocycles. The minimum atomic E-state index is -0.544. The van der Waals surface area contributed by atoms with Gasteiger partial charge in [-0.15, -0.1) is 0 Å². The van der Waals surface area contributed by atoms with Crippen LogP contribution < -0.4 is 10.1 Å². The SMILES string of the molecule is Cc1ccc(Oc2nccc(NC3CCN(C(=O)OC(C)(C)C)CC3)c2[N+](=O)[O-])cc1. The molecule has 3 rings (SSSR count). The molecule has 2 heterocycles. The van der Waals surface area contributed by atoms with Gasteiger partial charge in [0.25, 0.3) is 0 Å². The molecule has 166 valence electrons. The fourth-order valence-electron chi connectivity index (χ4n) is 3.27. The highest BCUT2D eigenvalue weighted by molar-refractivity contribution is 5.69. The summed E-state index contributed by atoms with van der Waals surface area (Å²) in [5.74, 6) is 0.411. The Hall–Kier alpha value is -3.36. The van der Waals surface area contributed by atoms with Gasteiger partial charge < -0.3 is 19.7 Å². The summed E-state index contributed by atoms with van der Waals surface area (Å²) in [5.41, 5.74) is 0.649. The number of nitrogens with zero attached hydrogens (tertiary/aromatic N) is 3. The van der Waals surface area contributed by atoms with Crippen molar-refractivity contribution >= 4 is 17.5 Å². The second-order valence-electron chi connectivity index (χ2n) is 8.57. The van der Waals surface area contributed by atoms with Crippen molar-refractivity contribution in [1.82, 2.24) is 9.88 Å². The Morgan fingerprint density at radius 3 is 2.42 bits per heavy atom. The number of aromatic nitrogens is 1. The van der Waals surface area contributed by atoms with E-state index in [2.05, 4.69) is 10.3 Å². The number of nitrogens with one attached hydrogen (secondary N) is 1. The topological polar surface area (TPSA) is 107 Å². The lowest BCUT2D eigenvalue weighted by Gasteiger charge is -2.34. The number of benzene rings is 1. The molecule has 9 nitrogen and oxygen atoms in total. The van der Waals surface area contributed by atoms with Gasteiger partial charge in [-0.2, -0.15) is 0 Å². The molecule has 1 aromatic carbocycles. The molecule has 0 aliphatic carbocycles. The third-order valence-electron chi connectivity index (χ3n) is 4.82. The molecule has 2 aromatic rings. The van der Waals surface area contributed by atoms with E-state index in [1.54, 1.807) is 23.1 Å². The number of likely N-dealkylation sites (tertiary alicyclic amines) is 1. The van der Waals surface area contributed by atoms with E-state index in [0.717, 1.165) is 5.56 Å². The molecule has 0 atom stereocenters. The molecule has 1 fully saturated rings. The van der Waals surface area contributed by atoms with Crippen LogP contribution in [-0.2, 0) is 4.74 Å². The molecule has 0 spiro atoms. The number of rotatable bonds is 5. The largest absolute Gasteiger partial charge is 0.444 e. The van der Waals surface area contributed by atoms with Crippen molar-refractivity contribution in [2.24, 2.45) is 0 Å². The molecule has 31 heavy (non-hydrogen) atoms. The first kappa shape index (κ1) is 22.3. The highest BCUT2D eigenvalue weighted by Gasteiger charge is 2.29. The zero-order valence-electron chi connectivity index (χ0n) is 18.3. The van der Waals surface area contributed by atoms with Crippen LogP contribution in [0.4, 0.5) is 16.2 Å². The molecule has 1 saturated heterocycles. The molecule has 0 unspecified atom stereocenters. The van der Waals surface area contributed by atoms with Gasteiger partial charge in [-0.1, -0.05) is 17.7 Å². The lowest BCUT2D eigenvalue weighted by Crippen LogP contribution is -2.44. The van der Waals surface area contributed by atoms with Crippen LogP contribution in [0.5, 0.6) is 11.6 Å². The zero-order valence-corrected chi connectivity index (χ0v) is 18.3. The Balaban J connectivity index is 1.69. The number of anilines is 1. The van der Waals surface area contributed by atoms with Gasteiger partial charge >= 0.3 is 17.7 Å². The van der Waals surface area contributed by atoms with Crippen molar-refractivity contribution in [3.8, 4) is 11.6 Å². The predicted octanol–water partition coefficient (Wildman–Crippen LogP) is 4.90. The number of piperidine rings is 1. The average molecular weight is 428 g/mol. The Bertz CT molecular complexity index is 932. The van der Waals surface area contributed by atoms with E-state index in [0.29, 0.717) is 37.4 Å². The molecular weight excluding hydrogens is 400 g/mol. The number of pyridine rings is 1. The van der Waals surface area contributed by atoms with Gasteiger partial charge in [0.05, 0.1) is 4.92 Å². The van der Waals surface area contributed by atoms with E-state index in [9.17, 15) is 14.9 Å². The molecule has 0 saturated carbocycles. The van der Waals surface area contributed by atoms with Crippen LogP contribution in [-0.4, -0.2) is 45.6 Å². The molecule has 0 radical (unpaired) electrons. The van der Waals surface area contributed by atoms with Crippen LogP contribution in [0.1, 0.15) is 39.2 Å². The third kappa shape index (κ3) is 6.07. The number of amides is 1. The Morgan fingerprint density at radius 1 is 1.19 bits per heavy atom. The highest BCUT2D eigenvalue weighted by Crippen LogP contribution is 2.36. The molecule has 9 heteroatoms. The van der Waals surface area contributed by atoms with E-state index in [1.807, 2.05) is 39.8 Å². The molecule has 1 amide bonds. The highest BCUT2D eigenvalue weighted by atomic mass is 16.6. The van der Waals surface area contributed by atoms with Crippen molar-refractivity contribution < 1.29 is 19.2 Å². The van der Waals surface area contributed by atoms with E-state index in [1.165, 1.54) is 6.20 Å². The number of hydrogen-bond donors (Lipinski definition) is 1. The van der Waals surface area contributed by atoms with Crippen molar-refractivity contribution in [3.05, 3.63) is 52.2 Å². The summed E-state index contributed by atoms with van der Waals surface area (Å²) < 4.78 is 11.1. The van der Waals surface area contributed by atoms with Crippen LogP contribution in [0, 0.1) is 17.0 Å². The van der Waals surface area contributed by atoms with E-state index < -0.39 is 10.5 Å². The summed E-state index contributed by atoms with van der Waals surface area (Å²) >= 11 is 0. The van der Waals surface area contributed by atoms with Crippen LogP contribution in [0.15, 0.2) is 36.5 Å². The minimum Gasteiger partial charge on any atom is -0.444 e. The quantitative estimate of drug-likeness (QED) is 0.533. The number of hydrogen-bond acceptors (Lipinski definition) is 7. The summed E-state index contributed by atoms with van der Waals surface area (Å²) in [4.78, 5) is 29.2. The number of ether oxygens (including phenoxy) is 2. The molecule has 1 aliphatic heterocycles. The first-order chi connectivity index (χ1) is 14.6. The first-order valence-corrected chi connectivity index (χ1v) is 10.2. The Labute approximate surface area is 181 Å². The van der Waals surface area contributed by atoms with Gasteiger partial charge in [-0.3, -0.25) is 10.1 Å². The molecule has 1 aliphatic rings. The van der Waals surface area contributed by atoms with E-state index >= 15 is 0 Å². The second-order valence-corrected chi connectivity index (χ2v) is 8.57.